The highest BCUT2D eigenvalue weighted by atomic mass is 16.5. The summed E-state index contributed by atoms with van der Waals surface area (Å²) in [6.07, 6.45) is 3.54. The first-order valence-electron chi connectivity index (χ1n) is 8.95. The smallest absolute Gasteiger partial charge is 0.347 e. The van der Waals surface area contributed by atoms with E-state index in [9.17, 15) is 9.90 Å². The molecule has 27 heavy (non-hydrogen) atoms. The zero-order valence-corrected chi connectivity index (χ0v) is 15.6. The first kappa shape index (κ1) is 17.7. The summed E-state index contributed by atoms with van der Waals surface area (Å²) >= 11 is 0. The van der Waals surface area contributed by atoms with Crippen LogP contribution in [0.2, 0.25) is 0 Å². The molecule has 0 radical (unpaired) electrons. The van der Waals surface area contributed by atoms with Gasteiger partial charge in [0.1, 0.15) is 17.1 Å². The highest BCUT2D eigenvalue weighted by Crippen LogP contribution is 2.44. The number of benzene rings is 1. The lowest BCUT2D eigenvalue weighted by Gasteiger charge is -2.43. The predicted molar refractivity (Wildman–Crippen MR) is 100 cm³/mol. The Balaban J connectivity index is 1.81. The number of hydrogen-bond acceptors (Lipinski definition) is 6. The van der Waals surface area contributed by atoms with Crippen LogP contribution in [-0.2, 0) is 0 Å². The molecule has 2 aromatic rings. The third-order valence-electron chi connectivity index (χ3n) is 5.46. The topological polar surface area (TPSA) is 78.1 Å². The van der Waals surface area contributed by atoms with Crippen molar-refractivity contribution in [3.63, 3.8) is 0 Å². The molecule has 6 heteroatoms. The molecule has 1 saturated carbocycles. The number of aliphatic hydroxyl groups excluding tert-OH is 1. The number of methoxy groups -OCH3 is 2. The number of ether oxygens (including phenoxy) is 3. The summed E-state index contributed by atoms with van der Waals surface area (Å²) in [7, 11) is 3.11. The highest BCUT2D eigenvalue weighted by molar-refractivity contribution is 5.69. The van der Waals surface area contributed by atoms with Gasteiger partial charge in [-0.25, -0.2) is 4.79 Å². The van der Waals surface area contributed by atoms with Crippen molar-refractivity contribution in [2.75, 3.05) is 14.2 Å². The van der Waals surface area contributed by atoms with Crippen LogP contribution in [-0.4, -0.2) is 31.0 Å². The van der Waals surface area contributed by atoms with Gasteiger partial charge < -0.3 is 23.7 Å². The van der Waals surface area contributed by atoms with E-state index in [-0.39, 0.29) is 0 Å². The van der Waals surface area contributed by atoms with Crippen LogP contribution in [0.1, 0.15) is 31.7 Å². The van der Waals surface area contributed by atoms with E-state index in [0.29, 0.717) is 40.6 Å². The minimum absolute atomic E-state index is 0.366. The molecule has 1 fully saturated rings. The van der Waals surface area contributed by atoms with Gasteiger partial charge in [-0.3, -0.25) is 0 Å². The van der Waals surface area contributed by atoms with Crippen molar-refractivity contribution in [3.05, 3.63) is 45.8 Å². The molecular weight excluding hydrogens is 348 g/mol. The monoisotopic (exact) mass is 370 g/mol. The van der Waals surface area contributed by atoms with Gasteiger partial charge in [-0.2, -0.15) is 0 Å². The fourth-order valence-electron chi connectivity index (χ4n) is 3.80. The average molecular weight is 370 g/mol. The lowest BCUT2D eigenvalue weighted by molar-refractivity contribution is -0.0356. The van der Waals surface area contributed by atoms with E-state index in [0.717, 1.165) is 18.4 Å². The second kappa shape index (κ2) is 6.46. The van der Waals surface area contributed by atoms with E-state index in [2.05, 4.69) is 0 Å². The van der Waals surface area contributed by atoms with Gasteiger partial charge in [0.15, 0.2) is 17.1 Å². The minimum Gasteiger partial charge on any atom is -0.493 e. The molecule has 4 rings (SSSR count). The third kappa shape index (κ3) is 2.80. The summed E-state index contributed by atoms with van der Waals surface area (Å²) in [5.74, 6) is 1.91. The van der Waals surface area contributed by atoms with E-state index in [1.807, 2.05) is 13.0 Å². The van der Waals surface area contributed by atoms with Crippen molar-refractivity contribution in [1.29, 1.82) is 0 Å². The maximum absolute atomic E-state index is 12.6. The number of rotatable bonds is 3. The fourth-order valence-corrected chi connectivity index (χ4v) is 3.80. The lowest BCUT2D eigenvalue weighted by Crippen LogP contribution is -2.50. The fraction of sp³-hybridized carbons (Fsp3) is 0.381. The summed E-state index contributed by atoms with van der Waals surface area (Å²) in [6.45, 7) is 1.87. The molecule has 1 aromatic carbocycles. The van der Waals surface area contributed by atoms with Crippen LogP contribution < -0.4 is 19.8 Å². The Hall–Kier alpha value is -2.73. The maximum atomic E-state index is 12.6. The molecule has 1 aromatic heterocycles. The van der Waals surface area contributed by atoms with E-state index in [4.69, 9.17) is 18.6 Å². The maximum Gasteiger partial charge on any atom is 0.347 e. The molecule has 0 unspecified atom stereocenters. The molecule has 0 bridgehead atoms. The molecule has 1 aliphatic heterocycles. The van der Waals surface area contributed by atoms with E-state index >= 15 is 0 Å². The highest BCUT2D eigenvalue weighted by Gasteiger charge is 2.44. The molecule has 0 spiro atoms. The van der Waals surface area contributed by atoms with Crippen LogP contribution >= 0.6 is 0 Å². The van der Waals surface area contributed by atoms with Gasteiger partial charge in [-0.1, -0.05) is 0 Å². The Morgan fingerprint density at radius 1 is 1.19 bits per heavy atom. The molecule has 1 aliphatic carbocycles. The molecule has 1 N–H and O–H groups in total. The SMILES string of the molecule is COc1ccc(-c2cc3c(c(=O)o2)C=C2CCC[C@@H](O)[C@@]2(C)O3)cc1OC. The van der Waals surface area contributed by atoms with Crippen molar-refractivity contribution < 1.29 is 23.7 Å². The van der Waals surface area contributed by atoms with Gasteiger partial charge in [0.25, 0.3) is 0 Å². The molecule has 0 saturated heterocycles. The molecular formula is C21H22O6. The van der Waals surface area contributed by atoms with Crippen molar-refractivity contribution in [3.8, 4) is 28.6 Å². The number of aliphatic hydroxyl groups is 1. The zero-order chi connectivity index (χ0) is 19.2. The summed E-state index contributed by atoms with van der Waals surface area (Å²) in [4.78, 5) is 12.6. The van der Waals surface area contributed by atoms with Gasteiger partial charge in [0, 0.05) is 11.6 Å². The van der Waals surface area contributed by atoms with E-state index < -0.39 is 17.3 Å². The summed E-state index contributed by atoms with van der Waals surface area (Å²) in [5, 5.41) is 10.5. The molecule has 142 valence electrons. The van der Waals surface area contributed by atoms with Gasteiger partial charge in [-0.05, 0) is 56.0 Å². The first-order valence-corrected chi connectivity index (χ1v) is 8.95. The molecule has 2 atom stereocenters. The summed E-state index contributed by atoms with van der Waals surface area (Å²) < 4.78 is 22.3. The Morgan fingerprint density at radius 2 is 1.96 bits per heavy atom. The van der Waals surface area contributed by atoms with Crippen LogP contribution in [0.25, 0.3) is 17.4 Å². The lowest BCUT2D eigenvalue weighted by atomic mass is 9.77. The second-order valence-corrected chi connectivity index (χ2v) is 7.03. The Kier molecular flexibility index (Phi) is 4.23. The summed E-state index contributed by atoms with van der Waals surface area (Å²) in [6, 6.07) is 6.97. The zero-order valence-electron chi connectivity index (χ0n) is 15.6. The van der Waals surface area contributed by atoms with Crippen molar-refractivity contribution >= 4 is 6.08 Å². The molecule has 6 nitrogen and oxygen atoms in total. The number of hydrogen-bond donors (Lipinski definition) is 1. The predicted octanol–water partition coefficient (Wildman–Crippen LogP) is 3.40. The van der Waals surface area contributed by atoms with Crippen molar-refractivity contribution in [1.82, 2.24) is 0 Å². The van der Waals surface area contributed by atoms with E-state index in [1.54, 1.807) is 38.5 Å². The van der Waals surface area contributed by atoms with Crippen LogP contribution in [0.5, 0.6) is 17.2 Å². The van der Waals surface area contributed by atoms with Crippen LogP contribution in [0.4, 0.5) is 0 Å². The largest absolute Gasteiger partial charge is 0.493 e. The van der Waals surface area contributed by atoms with Crippen LogP contribution in [0.15, 0.2) is 39.1 Å². The standard InChI is InChI=1S/C21H22O6/c1-21-13(5-4-6-19(21)22)10-14-17(27-21)11-16(26-20(14)23)12-7-8-15(24-2)18(9-12)25-3/h7-11,19,22H,4-6H2,1-3H3/t19-,21+/m1/s1. The van der Waals surface area contributed by atoms with Gasteiger partial charge in [-0.15, -0.1) is 0 Å². The van der Waals surface area contributed by atoms with Crippen molar-refractivity contribution in [2.24, 2.45) is 0 Å². The van der Waals surface area contributed by atoms with Gasteiger partial charge in [0.05, 0.1) is 20.3 Å². The Labute approximate surface area is 157 Å². The normalized spacial score (nSPS) is 23.6. The first-order chi connectivity index (χ1) is 13.0. The third-order valence-corrected chi connectivity index (χ3v) is 5.46. The van der Waals surface area contributed by atoms with Gasteiger partial charge in [0.2, 0.25) is 0 Å². The average Bonchev–Trinajstić information content (AvgIpc) is 2.67. The van der Waals surface area contributed by atoms with Crippen LogP contribution in [0, 0.1) is 0 Å². The minimum atomic E-state index is -0.812. The molecule has 2 heterocycles. The molecule has 2 aliphatic rings. The van der Waals surface area contributed by atoms with Crippen molar-refractivity contribution in [2.45, 2.75) is 37.9 Å². The second-order valence-electron chi connectivity index (χ2n) is 7.03. The molecule has 0 amide bonds. The quantitative estimate of drug-likeness (QED) is 0.892. The Bertz CT molecular complexity index is 973. The van der Waals surface area contributed by atoms with Crippen LogP contribution in [0.3, 0.4) is 0 Å². The van der Waals surface area contributed by atoms with E-state index in [1.165, 1.54) is 0 Å². The summed E-state index contributed by atoms with van der Waals surface area (Å²) in [5.41, 5.74) is 0.710. The number of fused-ring (bicyclic) bond motifs is 2. The Morgan fingerprint density at radius 3 is 2.70 bits per heavy atom. The van der Waals surface area contributed by atoms with Gasteiger partial charge >= 0.3 is 5.63 Å².